The lowest BCUT2D eigenvalue weighted by Crippen LogP contribution is -2.64. The third-order valence-corrected chi connectivity index (χ3v) is 16.8. The van der Waals surface area contributed by atoms with E-state index in [0.29, 0.717) is 0 Å². The van der Waals surface area contributed by atoms with Gasteiger partial charge in [0.1, 0.15) is 61.5 Å². The second kappa shape index (κ2) is 35.1. The number of alkyl carbamates (subject to hydrolysis) is 2. The minimum Gasteiger partial charge on any atom is -0.449 e. The first-order valence-corrected chi connectivity index (χ1v) is 31.9. The Labute approximate surface area is 550 Å². The number of hydrogen-bond acceptors (Lipinski definition) is 17. The first kappa shape index (κ1) is 72.9. The number of ether oxygens (including phenoxy) is 2. The lowest BCUT2D eigenvalue weighted by Gasteiger charge is -2.33. The molecule has 2 unspecified atom stereocenters. The van der Waals surface area contributed by atoms with Gasteiger partial charge in [-0.15, -0.1) is 0 Å². The van der Waals surface area contributed by atoms with Gasteiger partial charge in [-0.25, -0.2) is 9.59 Å². The summed E-state index contributed by atoms with van der Waals surface area (Å²) in [6, 6.07) is 16.2. The molecule has 1 aliphatic carbocycles. The quantitative estimate of drug-likeness (QED) is 0.0592. The maximum absolute atomic E-state index is 15.4. The maximum Gasteiger partial charge on any atom is 0.407 e. The molecule has 512 valence electrons. The zero-order chi connectivity index (χ0) is 68.9. The zero-order valence-corrected chi connectivity index (χ0v) is 53.6. The van der Waals surface area contributed by atoms with Gasteiger partial charge in [0.25, 0.3) is 0 Å². The van der Waals surface area contributed by atoms with Gasteiger partial charge in [0.05, 0.1) is 38.0 Å². The second-order valence-corrected chi connectivity index (χ2v) is 24.5. The highest BCUT2D eigenvalue weighted by atomic mass is 16.6. The van der Waals surface area contributed by atoms with Gasteiger partial charge in [0.15, 0.2) is 0 Å². The minimum atomic E-state index is -1.99. The summed E-state index contributed by atoms with van der Waals surface area (Å²) in [5.41, 5.74) is 4.40. The Hall–Kier alpha value is -9.51. The van der Waals surface area contributed by atoms with Gasteiger partial charge in [-0.3, -0.25) is 43.2 Å². The normalized spacial score (nSPS) is 24.8. The Bertz CT molecular complexity index is 3300. The Morgan fingerprint density at radius 1 is 0.568 bits per heavy atom. The topological polar surface area (TPSA) is 419 Å². The van der Waals surface area contributed by atoms with Crippen molar-refractivity contribution >= 4 is 65.4 Å². The number of aliphatic hydroxyl groups excluding tert-OH is 4. The van der Waals surface area contributed by atoms with Crippen LogP contribution in [0.5, 0.6) is 0 Å². The number of unbranched alkanes of at least 4 members (excludes halogenated alkanes) is 1. The summed E-state index contributed by atoms with van der Waals surface area (Å²) in [5.74, 6) is -12.1. The van der Waals surface area contributed by atoms with E-state index in [-0.39, 0.29) is 69.8 Å². The van der Waals surface area contributed by atoms with Crippen molar-refractivity contribution in [3.63, 3.8) is 0 Å². The van der Waals surface area contributed by atoms with Crippen molar-refractivity contribution in [3.05, 3.63) is 131 Å². The van der Waals surface area contributed by atoms with Gasteiger partial charge in [-0.05, 0) is 83.2 Å². The van der Waals surface area contributed by atoms with Crippen molar-refractivity contribution in [2.45, 2.75) is 152 Å². The van der Waals surface area contributed by atoms with Crippen LogP contribution in [0.3, 0.4) is 0 Å². The molecule has 28 nitrogen and oxygen atoms in total. The monoisotopic (exact) mass is 1320 g/mol. The van der Waals surface area contributed by atoms with E-state index in [1.807, 2.05) is 54.6 Å². The first-order chi connectivity index (χ1) is 45.5. The number of nitrogens with one attached hydrogen (secondary N) is 11. The smallest absolute Gasteiger partial charge is 0.407 e. The molecule has 4 aromatic carbocycles. The lowest BCUT2D eigenvalue weighted by molar-refractivity contribution is -0.138. The third-order valence-electron chi connectivity index (χ3n) is 16.8. The lowest BCUT2D eigenvalue weighted by atomic mass is 9.90. The molecule has 28 heteroatoms. The molecule has 2 bridgehead atoms. The van der Waals surface area contributed by atoms with Crippen LogP contribution < -0.4 is 58.5 Å². The summed E-state index contributed by atoms with van der Waals surface area (Å²) in [6.45, 7) is 4.94. The average Bonchev–Trinajstić information content (AvgIpc) is 1.63. The maximum atomic E-state index is 15.4. The molecule has 0 aromatic heterocycles. The molecule has 0 saturated carbocycles. The van der Waals surface area contributed by atoms with Gasteiger partial charge in [-0.1, -0.05) is 150 Å². The molecular weight excluding hydrogens is 1230 g/mol. The standard InChI is InChI=1S/C67H87N11O17/c1-6-39-30-50(81)54-62(88)69-31-51(82)70-48(32-79)60(86)73-49(33-80)61(87)74-52(40-21-11-8-12-22-40)55(78-67(93)95-35-45-43-25-15-13-23-41(43)42-24-14-16-26-44(42)45)64(90)77-56(57(83)37(4)5)65(91)72-47(29-36(2)3)59(85)71-46(58(84)75-53(39)63(89)76-54)27-17-18-28-68-66(92)94-34-38-19-9-7-10-20-38/h7-16,19-26,36-37,39,45-50,52-57,79-81,83H,6,17-18,27-35H2,1-5H3,(H,68,92)(H,69,88)(H,70,82)(H,71,85)(H,72,91)(H,73,86)(H,74,87)(H,75,84)(H,76,89)(H,77,90)(H,78,93)/t39?,46-,47+,48+,49?,50+,52-,53+,54+,55+,56+,57-/m1/s1. The minimum absolute atomic E-state index is 0.000969. The van der Waals surface area contributed by atoms with Crippen LogP contribution in [-0.2, 0) is 59.2 Å². The fraction of sp³-hybridized carbons (Fsp3) is 0.478. The number of aliphatic hydroxyl groups is 4. The molecule has 95 heavy (non-hydrogen) atoms. The van der Waals surface area contributed by atoms with Crippen molar-refractivity contribution in [3.8, 4) is 11.1 Å². The molecule has 3 aliphatic rings. The Morgan fingerprint density at radius 2 is 1.12 bits per heavy atom. The van der Waals surface area contributed by atoms with Crippen molar-refractivity contribution < 1.29 is 82.6 Å². The summed E-state index contributed by atoms with van der Waals surface area (Å²) in [7, 11) is 0. The molecule has 2 heterocycles. The zero-order valence-electron chi connectivity index (χ0n) is 53.6. The SMILES string of the molecule is CCC1C[C@H](O)[C@@H]2NC(=O)[C@H]1NC(=O)[C@@H](CCCCNC(=O)OCc1ccccc1)NC(=O)[C@H](CC(C)C)NC(=O)[C@H]([C@H](O)C(C)C)NC(=O)[C@@H](NC(=O)OCC1c3ccccc3-c3ccccc31)[C@@H](c1ccccc1)NC(=O)C(CO)NC(=O)[C@H](CO)NC(=O)CNC2=O. The molecule has 0 spiro atoms. The summed E-state index contributed by atoms with van der Waals surface area (Å²) in [5, 5.41) is 71.9. The fourth-order valence-corrected chi connectivity index (χ4v) is 11.6. The number of carbonyl (C=O) groups is 11. The van der Waals surface area contributed by atoms with Crippen LogP contribution >= 0.6 is 0 Å². The van der Waals surface area contributed by atoms with Gasteiger partial charge in [0, 0.05) is 12.5 Å². The second-order valence-electron chi connectivity index (χ2n) is 24.5. The van der Waals surface area contributed by atoms with Crippen LogP contribution in [0.15, 0.2) is 109 Å². The number of carbonyl (C=O) groups excluding carboxylic acids is 11. The molecule has 2 fully saturated rings. The Balaban J connectivity index is 1.24. The van der Waals surface area contributed by atoms with Crippen molar-refractivity contribution in [1.82, 2.24) is 58.5 Å². The van der Waals surface area contributed by atoms with E-state index >= 15 is 4.79 Å². The summed E-state index contributed by atoms with van der Waals surface area (Å²) in [4.78, 5) is 156. The van der Waals surface area contributed by atoms with Crippen LogP contribution in [0.2, 0.25) is 0 Å². The Morgan fingerprint density at radius 3 is 1.74 bits per heavy atom. The summed E-state index contributed by atoms with van der Waals surface area (Å²) < 4.78 is 11.2. The fourth-order valence-electron chi connectivity index (χ4n) is 11.6. The van der Waals surface area contributed by atoms with Crippen LogP contribution in [0, 0.1) is 17.8 Å². The van der Waals surface area contributed by atoms with Gasteiger partial charge < -0.3 is 88.4 Å². The molecule has 15 N–H and O–H groups in total. The van der Waals surface area contributed by atoms with Gasteiger partial charge >= 0.3 is 12.2 Å². The van der Waals surface area contributed by atoms with Crippen LogP contribution in [-0.4, -0.2) is 179 Å². The van der Waals surface area contributed by atoms with Crippen molar-refractivity contribution in [1.29, 1.82) is 0 Å². The number of benzene rings is 4. The Kier molecular flexibility index (Phi) is 27.0. The molecule has 0 radical (unpaired) electrons. The number of rotatable bonds is 18. The number of hydrogen-bond donors (Lipinski definition) is 15. The summed E-state index contributed by atoms with van der Waals surface area (Å²) in [6.07, 6.45) is -5.13. The van der Waals surface area contributed by atoms with Crippen molar-refractivity contribution in [2.75, 3.05) is 32.9 Å². The predicted octanol–water partition coefficient (Wildman–Crippen LogP) is 0.210. The number of fused-ring (bicyclic) bond motifs is 6. The average molecular weight is 1320 g/mol. The molecular formula is C67H87N11O17. The predicted molar refractivity (Wildman–Crippen MR) is 343 cm³/mol. The van der Waals surface area contributed by atoms with E-state index < -0.39 is 169 Å². The first-order valence-electron chi connectivity index (χ1n) is 31.9. The van der Waals surface area contributed by atoms with Crippen molar-refractivity contribution in [2.24, 2.45) is 17.8 Å². The van der Waals surface area contributed by atoms with E-state index in [0.717, 1.165) is 27.8 Å². The molecule has 2 saturated heterocycles. The highest BCUT2D eigenvalue weighted by Crippen LogP contribution is 2.44. The third kappa shape index (κ3) is 20.0. The largest absolute Gasteiger partial charge is 0.449 e. The molecule has 7 rings (SSSR count). The molecule has 4 aromatic rings. The van der Waals surface area contributed by atoms with E-state index in [4.69, 9.17) is 9.47 Å². The molecule has 2 aliphatic heterocycles. The van der Waals surface area contributed by atoms with Crippen LogP contribution in [0.25, 0.3) is 11.1 Å². The van der Waals surface area contributed by atoms with E-state index in [1.54, 1.807) is 51.1 Å². The van der Waals surface area contributed by atoms with Crippen LogP contribution in [0.1, 0.15) is 107 Å². The van der Waals surface area contributed by atoms with E-state index in [1.165, 1.54) is 38.1 Å². The van der Waals surface area contributed by atoms with E-state index in [9.17, 15) is 68.4 Å². The summed E-state index contributed by atoms with van der Waals surface area (Å²) >= 11 is 0. The number of amides is 11. The van der Waals surface area contributed by atoms with Crippen LogP contribution in [0.4, 0.5) is 9.59 Å². The van der Waals surface area contributed by atoms with Gasteiger partial charge in [0.2, 0.25) is 53.2 Å². The van der Waals surface area contributed by atoms with Gasteiger partial charge in [-0.2, -0.15) is 0 Å². The highest BCUT2D eigenvalue weighted by Gasteiger charge is 2.44. The molecule has 12 atom stereocenters. The van der Waals surface area contributed by atoms with E-state index in [2.05, 4.69) is 58.5 Å². The highest BCUT2D eigenvalue weighted by molar-refractivity contribution is 5.99. The molecule has 11 amide bonds.